The Hall–Kier alpha value is -4.00. The molecule has 0 bridgehead atoms. The highest BCUT2D eigenvalue weighted by atomic mass is 19.1. The number of hydrogen-bond donors (Lipinski definition) is 1. The number of carbonyl (C=O) groups is 1. The summed E-state index contributed by atoms with van der Waals surface area (Å²) in [6.07, 6.45) is 9.37. The number of likely N-dealkylation sites (N-methyl/N-ethyl adjacent to an activating group) is 1. The van der Waals surface area contributed by atoms with Gasteiger partial charge in [-0.3, -0.25) is 4.79 Å². The molecule has 0 spiro atoms. The molecule has 2 fully saturated rings. The molecule has 1 N–H and O–H groups in total. The molecule has 2 aliphatic rings. The van der Waals surface area contributed by atoms with Gasteiger partial charge in [0.2, 0.25) is 5.95 Å². The Morgan fingerprint density at radius 3 is 2.17 bits per heavy atom. The fourth-order valence-electron chi connectivity index (χ4n) is 5.33. The van der Waals surface area contributed by atoms with E-state index < -0.39 is 18.2 Å². The summed E-state index contributed by atoms with van der Waals surface area (Å²) >= 11 is 0. The molecule has 3 heterocycles. The van der Waals surface area contributed by atoms with Crippen LogP contribution in [0, 0.1) is 11.6 Å². The Bertz CT molecular complexity index is 1340. The van der Waals surface area contributed by atoms with Crippen LogP contribution in [0.4, 0.5) is 20.5 Å². The zero-order valence-corrected chi connectivity index (χ0v) is 24.2. The lowest BCUT2D eigenvalue weighted by Crippen LogP contribution is -2.47. The topological polar surface area (TPSA) is 107 Å². The zero-order valence-electron chi connectivity index (χ0n) is 24.2. The van der Waals surface area contributed by atoms with Gasteiger partial charge in [0.05, 0.1) is 38.2 Å². The van der Waals surface area contributed by atoms with Crippen molar-refractivity contribution in [1.82, 2.24) is 29.5 Å². The molecule has 1 amide bonds. The van der Waals surface area contributed by atoms with Gasteiger partial charge >= 0.3 is 0 Å². The van der Waals surface area contributed by atoms with E-state index in [9.17, 15) is 13.6 Å². The second-order valence-electron chi connectivity index (χ2n) is 10.6. The summed E-state index contributed by atoms with van der Waals surface area (Å²) in [6.45, 7) is 2.55. The molecule has 5 rings (SSSR count). The molecule has 0 atom stereocenters. The summed E-state index contributed by atoms with van der Waals surface area (Å²) < 4.78 is 46.8. The molecular formula is C29H37F2N7O4. The number of carbonyl (C=O) groups excluding carboxylic acids is 1. The maximum absolute atomic E-state index is 14.7. The molecule has 13 heteroatoms. The smallest absolute Gasteiger partial charge is 0.274 e. The van der Waals surface area contributed by atoms with Crippen molar-refractivity contribution in [2.45, 2.75) is 51.2 Å². The number of halogens is 2. The third-order valence-electron chi connectivity index (χ3n) is 7.83. The number of methoxy groups -OCH3 is 2. The predicted molar refractivity (Wildman–Crippen MR) is 151 cm³/mol. The molecular weight excluding hydrogens is 548 g/mol. The van der Waals surface area contributed by atoms with Gasteiger partial charge in [0.25, 0.3) is 5.91 Å². The SMILES string of the molecule is COc1cc(OC)c(F)c(COc2cnc(Nc3cc(C(=O)N4CCN(C)CC4)nn3C3CCCCCC3)nc2)c1F. The average molecular weight is 586 g/mol. The minimum atomic E-state index is -0.872. The maximum Gasteiger partial charge on any atom is 0.274 e. The minimum absolute atomic E-state index is 0.0863. The lowest BCUT2D eigenvalue weighted by molar-refractivity contribution is 0.0657. The Balaban J connectivity index is 1.32. The van der Waals surface area contributed by atoms with Gasteiger partial charge in [-0.15, -0.1) is 0 Å². The van der Waals surface area contributed by atoms with Crippen LogP contribution < -0.4 is 19.5 Å². The van der Waals surface area contributed by atoms with Crippen LogP contribution in [0.25, 0.3) is 0 Å². The highest BCUT2D eigenvalue weighted by Crippen LogP contribution is 2.33. The van der Waals surface area contributed by atoms with Crippen LogP contribution in [0.15, 0.2) is 24.5 Å². The number of amides is 1. The van der Waals surface area contributed by atoms with Crippen molar-refractivity contribution >= 4 is 17.7 Å². The fourth-order valence-corrected chi connectivity index (χ4v) is 5.33. The van der Waals surface area contributed by atoms with Gasteiger partial charge in [-0.05, 0) is 19.9 Å². The minimum Gasteiger partial charge on any atom is -0.494 e. The summed E-state index contributed by atoms with van der Waals surface area (Å²) in [5, 5.41) is 7.98. The summed E-state index contributed by atoms with van der Waals surface area (Å²) in [7, 11) is 4.62. The molecule has 1 aromatic carbocycles. The van der Waals surface area contributed by atoms with Gasteiger partial charge in [-0.2, -0.15) is 5.10 Å². The Kier molecular flexibility index (Phi) is 9.35. The second-order valence-corrected chi connectivity index (χ2v) is 10.6. The van der Waals surface area contributed by atoms with Crippen LogP contribution in [-0.4, -0.2) is 82.9 Å². The Labute approximate surface area is 243 Å². The van der Waals surface area contributed by atoms with E-state index in [1.54, 1.807) is 6.07 Å². The number of aromatic nitrogens is 4. The van der Waals surface area contributed by atoms with Crippen molar-refractivity contribution < 1.29 is 27.8 Å². The number of anilines is 2. The summed E-state index contributed by atoms with van der Waals surface area (Å²) in [5.74, 6) is -1.01. The first-order valence-electron chi connectivity index (χ1n) is 14.3. The fraction of sp³-hybridized carbons (Fsp3) is 0.517. The molecule has 2 aromatic heterocycles. The summed E-state index contributed by atoms with van der Waals surface area (Å²) in [4.78, 5) is 26.0. The van der Waals surface area contributed by atoms with Crippen LogP contribution in [-0.2, 0) is 6.61 Å². The molecule has 1 saturated carbocycles. The number of benzene rings is 1. The highest BCUT2D eigenvalue weighted by molar-refractivity contribution is 5.93. The lowest BCUT2D eigenvalue weighted by atomic mass is 10.1. The van der Waals surface area contributed by atoms with Crippen molar-refractivity contribution in [3.05, 3.63) is 47.4 Å². The van der Waals surface area contributed by atoms with Crippen molar-refractivity contribution in [1.29, 1.82) is 0 Å². The number of ether oxygens (including phenoxy) is 3. The van der Waals surface area contributed by atoms with Crippen LogP contribution in [0.2, 0.25) is 0 Å². The Morgan fingerprint density at radius 1 is 0.952 bits per heavy atom. The second kappa shape index (κ2) is 13.3. The first kappa shape index (κ1) is 29.5. The first-order chi connectivity index (χ1) is 20.4. The summed E-state index contributed by atoms with van der Waals surface area (Å²) in [5.41, 5.74) is 0.0577. The molecule has 1 aliphatic heterocycles. The van der Waals surface area contributed by atoms with E-state index >= 15 is 0 Å². The van der Waals surface area contributed by atoms with E-state index in [1.807, 2.05) is 16.6 Å². The van der Waals surface area contributed by atoms with Crippen LogP contribution in [0.1, 0.15) is 60.6 Å². The standard InChI is InChI=1S/C29H37F2N7O4/c1-36-10-12-37(13-11-36)28(39)22-14-25(38(35-22)19-8-6-4-5-7-9-19)34-29-32-16-20(17-33-29)42-18-21-26(30)23(40-2)15-24(41-3)27(21)31/h14-17,19H,4-13,18H2,1-3H3,(H,32,33,34). The van der Waals surface area contributed by atoms with Gasteiger partial charge in [-0.25, -0.2) is 23.4 Å². The molecule has 42 heavy (non-hydrogen) atoms. The number of nitrogens with zero attached hydrogens (tertiary/aromatic N) is 6. The molecule has 1 aliphatic carbocycles. The van der Waals surface area contributed by atoms with E-state index in [4.69, 9.17) is 19.3 Å². The van der Waals surface area contributed by atoms with Gasteiger partial charge in [-0.1, -0.05) is 25.7 Å². The van der Waals surface area contributed by atoms with Crippen LogP contribution >= 0.6 is 0 Å². The number of piperazine rings is 1. The maximum atomic E-state index is 14.7. The van der Waals surface area contributed by atoms with E-state index in [0.29, 0.717) is 24.6 Å². The van der Waals surface area contributed by atoms with Crippen LogP contribution in [0.5, 0.6) is 17.2 Å². The Morgan fingerprint density at radius 2 is 1.57 bits per heavy atom. The van der Waals surface area contributed by atoms with Gasteiger partial charge < -0.3 is 29.3 Å². The lowest BCUT2D eigenvalue weighted by Gasteiger charge is -2.31. The van der Waals surface area contributed by atoms with Crippen molar-refractivity contribution in [3.8, 4) is 17.2 Å². The molecule has 0 unspecified atom stereocenters. The number of nitrogens with one attached hydrogen (secondary N) is 1. The van der Waals surface area contributed by atoms with Gasteiger partial charge in [0, 0.05) is 38.3 Å². The van der Waals surface area contributed by atoms with E-state index in [2.05, 4.69) is 20.2 Å². The van der Waals surface area contributed by atoms with Gasteiger partial charge in [0.1, 0.15) is 12.4 Å². The molecule has 0 radical (unpaired) electrons. The largest absolute Gasteiger partial charge is 0.494 e. The van der Waals surface area contributed by atoms with Crippen molar-refractivity contribution in [3.63, 3.8) is 0 Å². The van der Waals surface area contributed by atoms with E-state index in [-0.39, 0.29) is 40.7 Å². The van der Waals surface area contributed by atoms with E-state index in [1.165, 1.54) is 39.5 Å². The van der Waals surface area contributed by atoms with Crippen molar-refractivity contribution in [2.75, 3.05) is 52.8 Å². The first-order valence-corrected chi connectivity index (χ1v) is 14.3. The molecule has 226 valence electrons. The van der Waals surface area contributed by atoms with Crippen LogP contribution in [0.3, 0.4) is 0 Å². The molecule has 3 aromatic rings. The highest BCUT2D eigenvalue weighted by Gasteiger charge is 2.27. The molecule has 1 saturated heterocycles. The quantitative estimate of drug-likeness (QED) is 0.361. The number of rotatable bonds is 9. The third kappa shape index (κ3) is 6.56. The predicted octanol–water partition coefficient (Wildman–Crippen LogP) is 4.57. The summed E-state index contributed by atoms with van der Waals surface area (Å²) in [6, 6.07) is 3.07. The zero-order chi connectivity index (χ0) is 29.6. The third-order valence-corrected chi connectivity index (χ3v) is 7.83. The molecule has 11 nitrogen and oxygen atoms in total. The van der Waals surface area contributed by atoms with Gasteiger partial charge in [0.15, 0.2) is 34.6 Å². The average Bonchev–Trinajstić information content (AvgIpc) is 3.22. The monoisotopic (exact) mass is 585 g/mol. The van der Waals surface area contributed by atoms with E-state index in [0.717, 1.165) is 44.8 Å². The van der Waals surface area contributed by atoms with Crippen molar-refractivity contribution in [2.24, 2.45) is 0 Å². The number of hydrogen-bond acceptors (Lipinski definition) is 9. The normalized spacial score (nSPS) is 16.6.